The maximum atomic E-state index is 12.5. The molecule has 0 saturated carbocycles. The molecule has 0 unspecified atom stereocenters. The Balaban J connectivity index is 0.00000135. The van der Waals surface area contributed by atoms with Crippen molar-refractivity contribution < 1.29 is 13.9 Å². The number of furan rings is 1. The molecule has 1 spiro atoms. The molecular formula is C17H19ClN2O3. The smallest absolute Gasteiger partial charge is 0.415 e. The van der Waals surface area contributed by atoms with Crippen molar-refractivity contribution >= 4 is 35.2 Å². The van der Waals surface area contributed by atoms with E-state index in [1.165, 1.54) is 0 Å². The Morgan fingerprint density at radius 2 is 1.96 bits per heavy atom. The summed E-state index contributed by atoms with van der Waals surface area (Å²) in [4.78, 5) is 16.6. The second-order valence-electron chi connectivity index (χ2n) is 6.71. The third-order valence-corrected chi connectivity index (χ3v) is 5.51. The van der Waals surface area contributed by atoms with E-state index >= 15 is 0 Å². The minimum Gasteiger partial charge on any atom is -0.464 e. The summed E-state index contributed by atoms with van der Waals surface area (Å²) in [5.41, 5.74) is 1.35. The van der Waals surface area contributed by atoms with Gasteiger partial charge < -0.3 is 9.15 Å². The van der Waals surface area contributed by atoms with Gasteiger partial charge in [0.2, 0.25) is 0 Å². The molecule has 1 atom stereocenters. The fourth-order valence-corrected chi connectivity index (χ4v) is 4.32. The van der Waals surface area contributed by atoms with Gasteiger partial charge in [0.05, 0.1) is 18.5 Å². The number of piperidine rings is 3. The van der Waals surface area contributed by atoms with E-state index in [2.05, 4.69) is 4.90 Å². The van der Waals surface area contributed by atoms with Crippen molar-refractivity contribution in [2.75, 3.05) is 31.1 Å². The lowest BCUT2D eigenvalue weighted by molar-refractivity contribution is -0.0881. The van der Waals surface area contributed by atoms with Crippen molar-refractivity contribution in [2.24, 2.45) is 5.92 Å². The number of hydrogen-bond acceptors (Lipinski definition) is 4. The fraction of sp³-hybridized carbons (Fsp3) is 0.471. The second-order valence-corrected chi connectivity index (χ2v) is 6.71. The lowest BCUT2D eigenvalue weighted by atomic mass is 9.75. The minimum atomic E-state index is -0.314. The average molecular weight is 335 g/mol. The van der Waals surface area contributed by atoms with Gasteiger partial charge in [-0.3, -0.25) is 9.80 Å². The first kappa shape index (κ1) is 14.8. The largest absolute Gasteiger partial charge is 0.464 e. The molecule has 122 valence electrons. The Bertz CT molecular complexity index is 753. The zero-order valence-corrected chi connectivity index (χ0v) is 13.6. The Morgan fingerprint density at radius 1 is 1.13 bits per heavy atom. The maximum absolute atomic E-state index is 12.5. The van der Waals surface area contributed by atoms with Crippen LogP contribution in [0.5, 0.6) is 0 Å². The Hall–Kier alpha value is -1.72. The predicted octanol–water partition coefficient (Wildman–Crippen LogP) is 3.28. The number of anilines is 1. The van der Waals surface area contributed by atoms with E-state index in [4.69, 9.17) is 9.15 Å². The quantitative estimate of drug-likeness (QED) is 0.803. The van der Waals surface area contributed by atoms with Crippen LogP contribution in [-0.2, 0) is 4.74 Å². The first-order chi connectivity index (χ1) is 10.7. The highest BCUT2D eigenvalue weighted by molar-refractivity contribution is 5.93. The van der Waals surface area contributed by atoms with Gasteiger partial charge in [-0.25, -0.2) is 4.79 Å². The number of fused-ring (bicyclic) bond motifs is 3. The molecule has 4 fully saturated rings. The van der Waals surface area contributed by atoms with Gasteiger partial charge in [0.15, 0.2) is 0 Å². The van der Waals surface area contributed by atoms with Crippen LogP contribution < -0.4 is 4.90 Å². The summed E-state index contributed by atoms with van der Waals surface area (Å²) in [5.74, 6) is 0.499. The number of halogens is 1. The lowest BCUT2D eigenvalue weighted by Crippen LogP contribution is -2.61. The SMILES string of the molecule is Cl.O=C1O[C@]2(CN3CCC2CC3)CN1c1ccc2ccoc2c1. The molecule has 23 heavy (non-hydrogen) atoms. The molecule has 0 radical (unpaired) electrons. The zero-order valence-electron chi connectivity index (χ0n) is 12.7. The highest BCUT2D eigenvalue weighted by atomic mass is 35.5. The van der Waals surface area contributed by atoms with Gasteiger partial charge in [0.1, 0.15) is 11.2 Å². The normalized spacial score (nSPS) is 32.3. The van der Waals surface area contributed by atoms with Crippen molar-refractivity contribution in [2.45, 2.75) is 18.4 Å². The van der Waals surface area contributed by atoms with E-state index in [0.717, 1.165) is 49.1 Å². The number of hydrogen-bond donors (Lipinski definition) is 0. The molecule has 1 aromatic carbocycles. The van der Waals surface area contributed by atoms with Gasteiger partial charge in [-0.2, -0.15) is 0 Å². The van der Waals surface area contributed by atoms with Crippen LogP contribution in [0.2, 0.25) is 0 Å². The van der Waals surface area contributed by atoms with Crippen molar-refractivity contribution in [1.82, 2.24) is 4.90 Å². The minimum absolute atomic E-state index is 0. The molecule has 5 heterocycles. The Kier molecular flexibility index (Phi) is 3.32. The van der Waals surface area contributed by atoms with Crippen LogP contribution in [0.15, 0.2) is 34.9 Å². The molecule has 4 saturated heterocycles. The molecule has 2 bridgehead atoms. The summed E-state index contributed by atoms with van der Waals surface area (Å²) in [7, 11) is 0. The number of carbonyl (C=O) groups is 1. The number of benzene rings is 1. The van der Waals surface area contributed by atoms with Crippen molar-refractivity contribution in [1.29, 1.82) is 0 Å². The monoisotopic (exact) mass is 334 g/mol. The van der Waals surface area contributed by atoms with Crippen LogP contribution in [0.4, 0.5) is 10.5 Å². The van der Waals surface area contributed by atoms with Gasteiger partial charge in [-0.05, 0) is 44.1 Å². The molecule has 4 aliphatic heterocycles. The van der Waals surface area contributed by atoms with Gasteiger partial charge in [0.25, 0.3) is 0 Å². The van der Waals surface area contributed by atoms with Gasteiger partial charge in [-0.15, -0.1) is 12.4 Å². The van der Waals surface area contributed by atoms with E-state index in [1.807, 2.05) is 24.3 Å². The standard InChI is InChI=1S/C17H18N2O3.ClH/c20-16-19(14-2-1-12-5-8-21-15(12)9-14)11-17(22-16)10-18-6-3-13(17)4-7-18;/h1-2,5,8-9,13H,3-4,6-7,10-11H2;1H/t17-;/m1./s1. The van der Waals surface area contributed by atoms with Gasteiger partial charge >= 0.3 is 6.09 Å². The molecular weight excluding hydrogens is 316 g/mol. The highest BCUT2D eigenvalue weighted by Gasteiger charge is 2.55. The Labute approximate surface area is 140 Å². The molecule has 0 N–H and O–H groups in total. The number of rotatable bonds is 1. The number of ether oxygens (including phenoxy) is 1. The van der Waals surface area contributed by atoms with E-state index < -0.39 is 0 Å². The molecule has 1 aromatic heterocycles. The zero-order chi connectivity index (χ0) is 14.7. The van der Waals surface area contributed by atoms with E-state index in [-0.39, 0.29) is 24.1 Å². The molecule has 6 heteroatoms. The number of amides is 1. The van der Waals surface area contributed by atoms with Gasteiger partial charge in [-0.1, -0.05) is 0 Å². The van der Waals surface area contributed by atoms with Crippen LogP contribution in [0.1, 0.15) is 12.8 Å². The maximum Gasteiger partial charge on any atom is 0.415 e. The average Bonchev–Trinajstić information content (AvgIpc) is 3.12. The molecule has 4 aliphatic rings. The summed E-state index contributed by atoms with van der Waals surface area (Å²) in [6.07, 6.45) is 3.72. The number of carbonyl (C=O) groups excluding carboxylic acids is 1. The van der Waals surface area contributed by atoms with E-state index in [9.17, 15) is 4.79 Å². The van der Waals surface area contributed by atoms with Crippen LogP contribution in [0.3, 0.4) is 0 Å². The third-order valence-electron chi connectivity index (χ3n) is 5.51. The lowest BCUT2D eigenvalue weighted by Gasteiger charge is -2.49. The summed E-state index contributed by atoms with van der Waals surface area (Å²) in [5, 5.41) is 1.05. The number of nitrogens with zero attached hydrogens (tertiary/aromatic N) is 2. The Morgan fingerprint density at radius 3 is 2.70 bits per heavy atom. The molecule has 2 aromatic rings. The summed E-state index contributed by atoms with van der Waals surface area (Å²) in [6.45, 7) is 3.81. The highest BCUT2D eigenvalue weighted by Crippen LogP contribution is 2.43. The predicted molar refractivity (Wildman–Crippen MR) is 89.2 cm³/mol. The van der Waals surface area contributed by atoms with Crippen LogP contribution in [0, 0.1) is 5.92 Å². The van der Waals surface area contributed by atoms with Crippen LogP contribution >= 0.6 is 12.4 Å². The summed E-state index contributed by atoms with van der Waals surface area (Å²) >= 11 is 0. The van der Waals surface area contributed by atoms with Crippen molar-refractivity contribution in [3.63, 3.8) is 0 Å². The summed E-state index contributed by atoms with van der Waals surface area (Å²) < 4.78 is 11.4. The molecule has 1 amide bonds. The third kappa shape index (κ3) is 2.14. The molecule has 6 rings (SSSR count). The second kappa shape index (κ2) is 5.14. The molecule has 0 aliphatic carbocycles. The van der Waals surface area contributed by atoms with Crippen molar-refractivity contribution in [3.05, 3.63) is 30.5 Å². The van der Waals surface area contributed by atoms with Crippen molar-refractivity contribution in [3.8, 4) is 0 Å². The first-order valence-corrected chi connectivity index (χ1v) is 7.94. The van der Waals surface area contributed by atoms with Crippen LogP contribution in [0.25, 0.3) is 11.0 Å². The van der Waals surface area contributed by atoms with Gasteiger partial charge in [0, 0.05) is 23.9 Å². The van der Waals surface area contributed by atoms with E-state index in [1.54, 1.807) is 11.2 Å². The topological polar surface area (TPSA) is 45.9 Å². The fourth-order valence-electron chi connectivity index (χ4n) is 4.32. The van der Waals surface area contributed by atoms with E-state index in [0.29, 0.717) is 12.5 Å². The van der Waals surface area contributed by atoms with Crippen LogP contribution in [-0.4, -0.2) is 42.8 Å². The molecule has 5 nitrogen and oxygen atoms in total. The first-order valence-electron chi connectivity index (χ1n) is 7.94. The summed E-state index contributed by atoms with van der Waals surface area (Å²) in [6, 6.07) is 7.82.